The monoisotopic (exact) mass is 530 g/mol. The van der Waals surface area contributed by atoms with E-state index in [1.807, 2.05) is 68.8 Å². The minimum atomic E-state index is -0.373. The summed E-state index contributed by atoms with van der Waals surface area (Å²) in [5, 5.41) is 1.91. The quantitative estimate of drug-likeness (QED) is 0.298. The first-order valence-corrected chi connectivity index (χ1v) is 13.6. The van der Waals surface area contributed by atoms with Crippen molar-refractivity contribution in [1.82, 2.24) is 18.9 Å². The van der Waals surface area contributed by atoms with Crippen molar-refractivity contribution in [3.05, 3.63) is 60.4 Å². The van der Waals surface area contributed by atoms with Gasteiger partial charge in [0.05, 0.1) is 37.3 Å². The zero-order valence-corrected chi connectivity index (χ0v) is 23.7. The highest BCUT2D eigenvalue weighted by molar-refractivity contribution is 5.98. The van der Waals surface area contributed by atoms with E-state index in [1.54, 1.807) is 23.4 Å². The Morgan fingerprint density at radius 2 is 1.56 bits per heavy atom. The van der Waals surface area contributed by atoms with Crippen molar-refractivity contribution >= 4 is 33.6 Å². The molecule has 0 saturated carbocycles. The molecule has 2 aromatic carbocycles. The van der Waals surface area contributed by atoms with Crippen LogP contribution in [0.1, 0.15) is 42.3 Å². The number of methoxy groups -OCH3 is 2. The van der Waals surface area contributed by atoms with Gasteiger partial charge in [0.1, 0.15) is 11.5 Å². The van der Waals surface area contributed by atoms with Gasteiger partial charge < -0.3 is 9.47 Å². The van der Waals surface area contributed by atoms with E-state index in [-0.39, 0.29) is 29.8 Å². The SMILES string of the molecule is COc1ccc2c(ccn2C(=O)[C@@H](C(C)C)N(C)Cc2cn(C(=O)[C@@H](C)N3CCC3)c3ccc(OC)cc23)c1. The van der Waals surface area contributed by atoms with Crippen LogP contribution in [0.3, 0.4) is 0 Å². The standard InChI is InChI=1S/C31H38N4O4/c1-20(2)29(31(37)34-15-12-22-16-24(38-5)8-10-27(22)34)32(4)18-23-19-35(30(36)21(3)33-13-7-14-33)28-11-9-25(39-6)17-26(23)28/h8-12,15-17,19-21,29H,7,13-14,18H2,1-6H3/t21-,29-/m1/s1. The second kappa shape index (κ2) is 10.9. The number of hydrogen-bond acceptors (Lipinski definition) is 6. The molecule has 39 heavy (non-hydrogen) atoms. The molecule has 206 valence electrons. The maximum atomic E-state index is 13.9. The van der Waals surface area contributed by atoms with Crippen LogP contribution in [0.25, 0.3) is 21.8 Å². The van der Waals surface area contributed by atoms with Gasteiger partial charge in [0, 0.05) is 42.8 Å². The number of fused-ring (bicyclic) bond motifs is 2. The lowest BCUT2D eigenvalue weighted by Crippen LogP contribution is -2.48. The third-order valence-corrected chi connectivity index (χ3v) is 8.04. The Morgan fingerprint density at radius 1 is 0.897 bits per heavy atom. The number of carbonyl (C=O) groups excluding carboxylic acids is 2. The Labute approximate surface area is 229 Å². The fourth-order valence-electron chi connectivity index (χ4n) is 5.73. The molecular formula is C31H38N4O4. The van der Waals surface area contributed by atoms with Crippen LogP contribution in [-0.2, 0) is 6.54 Å². The van der Waals surface area contributed by atoms with Gasteiger partial charge in [-0.05, 0) is 74.3 Å². The van der Waals surface area contributed by atoms with Crippen molar-refractivity contribution in [1.29, 1.82) is 0 Å². The van der Waals surface area contributed by atoms with Crippen LogP contribution in [0.5, 0.6) is 11.5 Å². The number of nitrogens with zero attached hydrogens (tertiary/aromatic N) is 4. The summed E-state index contributed by atoms with van der Waals surface area (Å²) in [6, 6.07) is 12.9. The molecule has 0 radical (unpaired) electrons. The van der Waals surface area contributed by atoms with Crippen LogP contribution in [0.2, 0.25) is 0 Å². The van der Waals surface area contributed by atoms with Crippen molar-refractivity contribution in [2.75, 3.05) is 34.4 Å². The first kappa shape index (κ1) is 27.0. The van der Waals surface area contributed by atoms with Crippen molar-refractivity contribution in [3.8, 4) is 11.5 Å². The molecule has 1 saturated heterocycles. The molecule has 1 aliphatic rings. The van der Waals surface area contributed by atoms with Crippen LogP contribution in [-0.4, -0.2) is 77.2 Å². The summed E-state index contributed by atoms with van der Waals surface area (Å²) in [4.78, 5) is 31.8. The normalized spacial score (nSPS) is 15.6. The smallest absolute Gasteiger partial charge is 0.248 e. The Kier molecular flexibility index (Phi) is 7.51. The second-order valence-electron chi connectivity index (χ2n) is 10.9. The van der Waals surface area contributed by atoms with Gasteiger partial charge in [-0.15, -0.1) is 0 Å². The molecule has 0 unspecified atom stereocenters. The zero-order valence-electron chi connectivity index (χ0n) is 23.7. The van der Waals surface area contributed by atoms with E-state index in [9.17, 15) is 9.59 Å². The van der Waals surface area contributed by atoms with E-state index < -0.39 is 0 Å². The minimum absolute atomic E-state index is 0.0106. The van der Waals surface area contributed by atoms with Gasteiger partial charge in [0.15, 0.2) is 0 Å². The van der Waals surface area contributed by atoms with Crippen LogP contribution in [0.15, 0.2) is 54.9 Å². The number of hydrogen-bond donors (Lipinski definition) is 0. The van der Waals surface area contributed by atoms with Crippen LogP contribution < -0.4 is 9.47 Å². The molecule has 3 heterocycles. The molecule has 1 fully saturated rings. The number of benzene rings is 2. The summed E-state index contributed by atoms with van der Waals surface area (Å²) < 4.78 is 14.4. The summed E-state index contributed by atoms with van der Waals surface area (Å²) in [6.45, 7) is 8.52. The predicted octanol–water partition coefficient (Wildman–Crippen LogP) is 5.14. The molecule has 8 nitrogen and oxygen atoms in total. The van der Waals surface area contributed by atoms with E-state index in [0.29, 0.717) is 6.54 Å². The highest BCUT2D eigenvalue weighted by atomic mass is 16.5. The molecule has 0 spiro atoms. The third kappa shape index (κ3) is 4.94. The Hall–Kier alpha value is -3.62. The van der Waals surface area contributed by atoms with E-state index in [0.717, 1.165) is 58.4 Å². The predicted molar refractivity (Wildman–Crippen MR) is 154 cm³/mol. The summed E-state index contributed by atoms with van der Waals surface area (Å²) >= 11 is 0. The maximum absolute atomic E-state index is 13.9. The number of likely N-dealkylation sites (N-methyl/N-ethyl adjacent to an activating group) is 1. The van der Waals surface area contributed by atoms with Crippen LogP contribution in [0.4, 0.5) is 0 Å². The summed E-state index contributed by atoms with van der Waals surface area (Å²) in [6.07, 6.45) is 4.91. The Morgan fingerprint density at radius 3 is 2.18 bits per heavy atom. The maximum Gasteiger partial charge on any atom is 0.248 e. The van der Waals surface area contributed by atoms with Gasteiger partial charge in [0.2, 0.25) is 11.8 Å². The van der Waals surface area contributed by atoms with Crippen molar-refractivity contribution < 1.29 is 19.1 Å². The highest BCUT2D eigenvalue weighted by Crippen LogP contribution is 2.30. The molecule has 2 aromatic heterocycles. The van der Waals surface area contributed by atoms with Crippen LogP contribution >= 0.6 is 0 Å². The lowest BCUT2D eigenvalue weighted by molar-refractivity contribution is 0.0644. The van der Waals surface area contributed by atoms with E-state index in [4.69, 9.17) is 9.47 Å². The fraction of sp³-hybridized carbons (Fsp3) is 0.419. The molecule has 0 amide bonds. The molecule has 4 aromatic rings. The highest BCUT2D eigenvalue weighted by Gasteiger charge is 2.31. The van der Waals surface area contributed by atoms with Gasteiger partial charge in [-0.3, -0.25) is 28.5 Å². The van der Waals surface area contributed by atoms with Gasteiger partial charge in [-0.25, -0.2) is 0 Å². The van der Waals surface area contributed by atoms with Gasteiger partial charge in [-0.1, -0.05) is 13.8 Å². The number of carbonyl (C=O) groups is 2. The van der Waals surface area contributed by atoms with Gasteiger partial charge in [0.25, 0.3) is 0 Å². The van der Waals surface area contributed by atoms with Crippen molar-refractivity contribution in [2.24, 2.45) is 5.92 Å². The number of ether oxygens (including phenoxy) is 2. The summed E-state index contributed by atoms with van der Waals surface area (Å²) in [5.74, 6) is 1.63. The molecular weight excluding hydrogens is 492 g/mol. The van der Waals surface area contributed by atoms with Crippen molar-refractivity contribution in [2.45, 2.75) is 45.8 Å². The molecule has 0 aliphatic carbocycles. The van der Waals surface area contributed by atoms with E-state index in [2.05, 4.69) is 23.6 Å². The molecule has 1 aliphatic heterocycles. The van der Waals surface area contributed by atoms with E-state index in [1.165, 1.54) is 0 Å². The lowest BCUT2D eigenvalue weighted by Gasteiger charge is -2.35. The number of likely N-dealkylation sites (tertiary alicyclic amines) is 1. The zero-order chi connectivity index (χ0) is 27.8. The fourth-order valence-corrected chi connectivity index (χ4v) is 5.73. The second-order valence-corrected chi connectivity index (χ2v) is 10.9. The van der Waals surface area contributed by atoms with E-state index >= 15 is 0 Å². The average molecular weight is 531 g/mol. The summed E-state index contributed by atoms with van der Waals surface area (Å²) in [7, 11) is 5.26. The first-order valence-electron chi connectivity index (χ1n) is 13.6. The van der Waals surface area contributed by atoms with Crippen molar-refractivity contribution in [3.63, 3.8) is 0 Å². The lowest BCUT2D eigenvalue weighted by atomic mass is 10.0. The summed E-state index contributed by atoms with van der Waals surface area (Å²) in [5.41, 5.74) is 2.69. The molecule has 8 heteroatoms. The Bertz CT molecular complexity index is 1510. The number of aromatic nitrogens is 2. The number of rotatable bonds is 9. The minimum Gasteiger partial charge on any atom is -0.497 e. The molecule has 0 N–H and O–H groups in total. The van der Waals surface area contributed by atoms with Gasteiger partial charge in [-0.2, -0.15) is 0 Å². The molecule has 0 bridgehead atoms. The largest absolute Gasteiger partial charge is 0.497 e. The topological polar surface area (TPSA) is 68.9 Å². The molecule has 2 atom stereocenters. The Balaban J connectivity index is 1.48. The van der Waals surface area contributed by atoms with Crippen LogP contribution in [0, 0.1) is 5.92 Å². The van der Waals surface area contributed by atoms with Gasteiger partial charge >= 0.3 is 0 Å². The first-order chi connectivity index (χ1) is 18.7. The molecule has 5 rings (SSSR count). The third-order valence-electron chi connectivity index (χ3n) is 8.04. The average Bonchev–Trinajstić information content (AvgIpc) is 3.47.